The number of anilines is 12. The molecule has 2 spiro atoms. The molecule has 2 fully saturated rings. The van der Waals surface area contributed by atoms with Crippen LogP contribution in [0.4, 0.5) is 68.2 Å². The summed E-state index contributed by atoms with van der Waals surface area (Å²) in [6.07, 6.45) is 12.6. The van der Waals surface area contributed by atoms with Crippen molar-refractivity contribution < 1.29 is 0 Å². The molecule has 14 aromatic rings. The van der Waals surface area contributed by atoms with Crippen molar-refractivity contribution in [1.29, 1.82) is 0 Å². The zero-order valence-electron chi connectivity index (χ0n) is 56.3. The molecule has 0 heterocycles. The van der Waals surface area contributed by atoms with E-state index in [0.717, 1.165) is 79.4 Å². The SMILES string of the molecule is c1ccc(N(c2ccccc2)c2ccc(N(c3ccc(-c4ccc(N(c5ccc(-c6ccc7c(c6)C6(CCCCC6)c6ccccc6-7)cc5)c5ccc(N(c6ccccc6)c6ccccc6)cc5)cc4)cc3)c3ccc(-c4ccc5c(c4)C4(CCCCC4)c4ccccc4-5)cc3)cc2)cc1. The van der Waals surface area contributed by atoms with Crippen LogP contribution in [0.2, 0.25) is 0 Å². The summed E-state index contributed by atoms with van der Waals surface area (Å²) in [7, 11) is 0. The lowest BCUT2D eigenvalue weighted by Gasteiger charge is -2.36. The van der Waals surface area contributed by atoms with E-state index in [9.17, 15) is 0 Å². The summed E-state index contributed by atoms with van der Waals surface area (Å²) >= 11 is 0. The molecule has 0 aromatic heterocycles. The molecule has 4 aliphatic carbocycles. The van der Waals surface area contributed by atoms with Gasteiger partial charge >= 0.3 is 0 Å². The average molecular weight is 1290 g/mol. The van der Waals surface area contributed by atoms with Gasteiger partial charge in [-0.3, -0.25) is 0 Å². The Balaban J connectivity index is 0.682. The quantitative estimate of drug-likeness (QED) is 0.101. The number of benzene rings is 14. The second-order valence-electron chi connectivity index (χ2n) is 27.8. The van der Waals surface area contributed by atoms with Crippen LogP contribution in [-0.4, -0.2) is 0 Å². The van der Waals surface area contributed by atoms with Gasteiger partial charge in [-0.2, -0.15) is 0 Å². The summed E-state index contributed by atoms with van der Waals surface area (Å²) in [5, 5.41) is 0. The van der Waals surface area contributed by atoms with Gasteiger partial charge in [0.15, 0.2) is 0 Å². The third kappa shape index (κ3) is 10.9. The lowest BCUT2D eigenvalue weighted by molar-refractivity contribution is 0.353. The van der Waals surface area contributed by atoms with Crippen LogP contribution in [0.1, 0.15) is 86.5 Å². The fourth-order valence-electron chi connectivity index (χ4n) is 17.5. The van der Waals surface area contributed by atoms with Crippen LogP contribution in [-0.2, 0) is 10.8 Å². The Labute approximate surface area is 589 Å². The number of fused-ring (bicyclic) bond motifs is 10. The number of rotatable bonds is 15. The maximum absolute atomic E-state index is 2.53. The molecular weight excluding hydrogens is 1210 g/mol. The first-order valence-electron chi connectivity index (χ1n) is 36.0. The third-order valence-corrected chi connectivity index (χ3v) is 22.2. The Morgan fingerprint density at radius 2 is 0.360 bits per heavy atom. The predicted molar refractivity (Wildman–Crippen MR) is 420 cm³/mol. The van der Waals surface area contributed by atoms with Crippen LogP contribution in [0.15, 0.2) is 352 Å². The predicted octanol–water partition coefficient (Wildman–Crippen LogP) is 27.0. The second kappa shape index (κ2) is 25.9. The van der Waals surface area contributed by atoms with Gasteiger partial charge in [-0.25, -0.2) is 0 Å². The third-order valence-electron chi connectivity index (χ3n) is 22.2. The van der Waals surface area contributed by atoms with Crippen molar-refractivity contribution in [2.24, 2.45) is 0 Å². The second-order valence-corrected chi connectivity index (χ2v) is 27.8. The Morgan fingerprint density at radius 3 is 0.630 bits per heavy atom. The van der Waals surface area contributed by atoms with Gasteiger partial charge in [0, 0.05) is 79.1 Å². The van der Waals surface area contributed by atoms with Crippen molar-refractivity contribution >= 4 is 68.2 Å². The van der Waals surface area contributed by atoms with Crippen LogP contribution in [0.25, 0.3) is 55.6 Å². The molecule has 0 amide bonds. The van der Waals surface area contributed by atoms with Crippen LogP contribution in [0.3, 0.4) is 0 Å². The largest absolute Gasteiger partial charge is 0.311 e. The highest BCUT2D eigenvalue weighted by atomic mass is 15.2. The van der Waals surface area contributed by atoms with Gasteiger partial charge in [0.1, 0.15) is 0 Å². The Bertz CT molecular complexity index is 4780. The molecule has 4 nitrogen and oxygen atoms in total. The van der Waals surface area contributed by atoms with Gasteiger partial charge in [0.25, 0.3) is 0 Å². The summed E-state index contributed by atoms with van der Waals surface area (Å²) in [4.78, 5) is 9.45. The number of hydrogen-bond donors (Lipinski definition) is 0. The molecule has 2 saturated carbocycles. The van der Waals surface area contributed by atoms with Gasteiger partial charge in [0.05, 0.1) is 0 Å². The topological polar surface area (TPSA) is 13.0 Å². The van der Waals surface area contributed by atoms with E-state index < -0.39 is 0 Å². The van der Waals surface area contributed by atoms with Gasteiger partial charge in [-0.05, 0) is 261 Å². The van der Waals surface area contributed by atoms with Crippen LogP contribution < -0.4 is 19.6 Å². The maximum Gasteiger partial charge on any atom is 0.0463 e. The number of para-hydroxylation sites is 4. The van der Waals surface area contributed by atoms with Crippen LogP contribution in [0, 0.1) is 0 Å². The van der Waals surface area contributed by atoms with Crippen LogP contribution >= 0.6 is 0 Å². The van der Waals surface area contributed by atoms with E-state index in [0.29, 0.717) is 0 Å². The van der Waals surface area contributed by atoms with Gasteiger partial charge in [-0.1, -0.05) is 233 Å². The number of hydrogen-bond acceptors (Lipinski definition) is 4. The molecule has 0 atom stereocenters. The van der Waals surface area contributed by atoms with E-state index in [2.05, 4.69) is 371 Å². The first kappa shape index (κ1) is 60.7. The van der Waals surface area contributed by atoms with Gasteiger partial charge in [-0.15, -0.1) is 0 Å². The minimum atomic E-state index is 0.0985. The first-order chi connectivity index (χ1) is 49.5. The fourth-order valence-corrected chi connectivity index (χ4v) is 17.5. The summed E-state index contributed by atoms with van der Waals surface area (Å²) in [5.41, 5.74) is 32.3. The molecule has 482 valence electrons. The normalized spacial score (nSPS) is 14.4. The van der Waals surface area contributed by atoms with Crippen molar-refractivity contribution in [1.82, 2.24) is 0 Å². The lowest BCUT2D eigenvalue weighted by atomic mass is 9.67. The molecule has 18 rings (SSSR count). The fraction of sp³-hybridized carbons (Fsp3) is 0.125. The standard InChI is InChI=1S/C96H78N4/c1-7-23-75(24-8-1)97(76-25-9-2-10-26-76)83-53-57-85(58-54-83)99(81-49-39-71(40-50-81)73-43-61-89-87-31-15-17-33-91(87)95(93(89)67-73)63-19-5-20-64-95)79-45-35-69(36-46-79)70-37-47-80(48-38-70)100(86-59-55-84(56-60-86)98(77-27-11-3-12-28-77)78-29-13-4-14-30-78)82-51-41-72(42-52-82)74-44-62-90-88-32-16-18-34-92(88)96(94(90)68-74)65-21-6-22-66-96/h1-4,7-18,23-62,67-68H,5-6,19-22,63-66H2. The van der Waals surface area contributed by atoms with Crippen molar-refractivity contribution in [3.63, 3.8) is 0 Å². The molecule has 0 unspecified atom stereocenters. The van der Waals surface area contributed by atoms with E-state index in [1.165, 1.54) is 131 Å². The molecule has 100 heavy (non-hydrogen) atoms. The zero-order chi connectivity index (χ0) is 66.4. The van der Waals surface area contributed by atoms with Crippen LogP contribution in [0.5, 0.6) is 0 Å². The minimum Gasteiger partial charge on any atom is -0.311 e. The highest BCUT2D eigenvalue weighted by Crippen LogP contribution is 2.58. The van der Waals surface area contributed by atoms with Crippen molar-refractivity contribution in [2.75, 3.05) is 19.6 Å². The minimum absolute atomic E-state index is 0.0985. The molecule has 4 aliphatic rings. The molecule has 0 N–H and O–H groups in total. The zero-order valence-corrected chi connectivity index (χ0v) is 56.3. The van der Waals surface area contributed by atoms with E-state index in [1.807, 2.05) is 0 Å². The van der Waals surface area contributed by atoms with E-state index in [-0.39, 0.29) is 10.8 Å². The van der Waals surface area contributed by atoms with Gasteiger partial charge in [0.2, 0.25) is 0 Å². The highest BCUT2D eigenvalue weighted by Gasteiger charge is 2.45. The molecule has 0 bridgehead atoms. The van der Waals surface area contributed by atoms with Gasteiger partial charge < -0.3 is 19.6 Å². The van der Waals surface area contributed by atoms with E-state index >= 15 is 0 Å². The summed E-state index contributed by atoms with van der Waals surface area (Å²) in [5.74, 6) is 0. The van der Waals surface area contributed by atoms with E-state index in [4.69, 9.17) is 0 Å². The highest BCUT2D eigenvalue weighted by molar-refractivity contribution is 5.89. The monoisotopic (exact) mass is 1290 g/mol. The lowest BCUT2D eigenvalue weighted by Crippen LogP contribution is -2.28. The summed E-state index contributed by atoms with van der Waals surface area (Å²) in [6.45, 7) is 0. The Kier molecular flexibility index (Phi) is 15.7. The Morgan fingerprint density at radius 1 is 0.160 bits per heavy atom. The van der Waals surface area contributed by atoms with E-state index in [1.54, 1.807) is 0 Å². The smallest absolute Gasteiger partial charge is 0.0463 e. The van der Waals surface area contributed by atoms with Crippen molar-refractivity contribution in [3.8, 4) is 55.6 Å². The average Bonchev–Trinajstić information content (AvgIpc) is 1.57. The summed E-state index contributed by atoms with van der Waals surface area (Å²) < 4.78 is 0. The maximum atomic E-state index is 2.53. The summed E-state index contributed by atoms with van der Waals surface area (Å²) in [6, 6.07) is 130. The van der Waals surface area contributed by atoms with Crippen molar-refractivity contribution in [3.05, 3.63) is 374 Å². The Hall–Kier alpha value is -11.7. The molecule has 0 aliphatic heterocycles. The van der Waals surface area contributed by atoms with Crippen molar-refractivity contribution in [2.45, 2.75) is 75.0 Å². The molecule has 0 saturated heterocycles. The molecule has 4 heteroatoms. The number of nitrogens with zero attached hydrogens (tertiary/aromatic N) is 4. The molecule has 14 aromatic carbocycles. The molecular formula is C96H78N4. The molecule has 0 radical (unpaired) electrons. The first-order valence-corrected chi connectivity index (χ1v) is 36.0.